The molecule has 0 spiro atoms. The average Bonchev–Trinajstić information content (AvgIpc) is 0.970. The minimum absolute atomic E-state index is 0.0342. The first kappa shape index (κ1) is 118. The summed E-state index contributed by atoms with van der Waals surface area (Å²) in [6, 6.07) is 0. The van der Waals surface area contributed by atoms with E-state index in [-0.39, 0.29) is 45.1 Å². The Morgan fingerprint density at radius 2 is 0.551 bits per heavy atom. The molecule has 0 fully saturated rings. The molecule has 22 heteroatoms. The number of methoxy groups -OCH3 is 4. The number of hydrogen-bond acceptors (Lipinski definition) is 22. The Morgan fingerprint density at radius 1 is 0.306 bits per heavy atom. The second kappa shape index (κ2) is 81.8. The Balaban J connectivity index is -0.000000111. The summed E-state index contributed by atoms with van der Waals surface area (Å²) in [4.78, 5) is 0. The van der Waals surface area contributed by atoms with Crippen molar-refractivity contribution in [3.63, 3.8) is 0 Å². The summed E-state index contributed by atoms with van der Waals surface area (Å²) in [5.74, 6) is 5.90. The lowest BCUT2D eigenvalue weighted by molar-refractivity contribution is -0.428. The van der Waals surface area contributed by atoms with E-state index < -0.39 is 81.2 Å². The van der Waals surface area contributed by atoms with Crippen LogP contribution in [0.1, 0.15) is 249 Å². The van der Waals surface area contributed by atoms with Crippen LogP contribution in [0, 0.1) is 63.1 Å². The van der Waals surface area contributed by atoms with Crippen molar-refractivity contribution in [3.8, 4) is 0 Å². The molecule has 0 aliphatic heterocycles. The molecule has 0 rings (SSSR count). The number of hydrogen-bond donors (Lipinski definition) is 13. The van der Waals surface area contributed by atoms with Gasteiger partial charge in [-0.2, -0.15) is 0 Å². The second-order valence-corrected chi connectivity index (χ2v) is 27.0. The van der Waals surface area contributed by atoms with E-state index in [9.17, 15) is 15.3 Å². The lowest BCUT2D eigenvalue weighted by Gasteiger charge is -2.31. The Labute approximate surface area is 603 Å². The van der Waals surface area contributed by atoms with E-state index in [2.05, 4.69) is 145 Å². The van der Waals surface area contributed by atoms with Gasteiger partial charge >= 0.3 is 0 Å². The summed E-state index contributed by atoms with van der Waals surface area (Å²) in [5.41, 5.74) is 0.368. The van der Waals surface area contributed by atoms with Crippen molar-refractivity contribution < 1.29 is 110 Å². The second-order valence-electron chi connectivity index (χ2n) is 27.0. The van der Waals surface area contributed by atoms with Gasteiger partial charge in [-0.05, 0) is 58.7 Å². The Bertz CT molecular complexity index is 1200. The first-order valence-electron chi connectivity index (χ1n) is 37.4. The molecule has 0 saturated heterocycles. The highest BCUT2D eigenvalue weighted by molar-refractivity contribution is 4.81. The minimum atomic E-state index is -1.67. The molecule has 0 saturated carbocycles. The third-order valence-corrected chi connectivity index (χ3v) is 20.0. The van der Waals surface area contributed by atoms with Crippen LogP contribution in [-0.4, -0.2) is 250 Å². The quantitative estimate of drug-likeness (QED) is 0.0279. The standard InChI is InChI=1S/C12H26.C10H22O.C9H20O4.2C9H20.C6H14O6.C6H14O5.C6H13O3.C6H14.C3H6O3/c1-7-9(3)11(5)12(6)10(4)8-2;1-5-9(3)7-11-8-10(4)6-2;1-10-5-9(6-11-2,7-12-3)8-13-4;2*1-5-9(6-2,7-3)8-4;7-1-3(9)5(11)6(12)4(10)2-8;7-1-5(9)3-11-4-6(10)2-8;1-2-6(3-7,4-8)5-9;1-4-6(3)5-2;4-1-3(6)2-5/h9-12H,7-8H2,1-6H3;9-10H,5-8H2,1-4H3;5-8H2,1-4H3;2*5-8H2,1-4H3;3-12H,1-2H2;5-10H,1-4H2;7-8H,2-5H2,1H3;6H,4-5H2,1-3H3;3,6H,1-2H2/q;;;;;;;-1;;-2. The number of aliphatic hydroxyl groups excluding tert-OH is 13. The van der Waals surface area contributed by atoms with Crippen molar-refractivity contribution in [2.75, 3.05) is 141 Å². The molecule has 0 aromatic heterocycles. The summed E-state index contributed by atoms with van der Waals surface area (Å²) in [6.45, 7) is 49.7. The lowest BCUT2D eigenvalue weighted by atomic mass is 9.77. The molecule has 608 valence electrons. The zero-order valence-electron chi connectivity index (χ0n) is 68.2. The highest BCUT2D eigenvalue weighted by Crippen LogP contribution is 2.34. The largest absolute Gasteiger partial charge is 0.854 e. The fourth-order valence-electron chi connectivity index (χ4n) is 8.88. The smallest absolute Gasteiger partial charge is 0.111 e. The van der Waals surface area contributed by atoms with E-state index in [0.717, 1.165) is 54.6 Å². The molecule has 98 heavy (non-hydrogen) atoms. The summed E-state index contributed by atoms with van der Waals surface area (Å²) < 4.78 is 30.8. The number of rotatable bonds is 46. The first-order chi connectivity index (χ1) is 46.1. The summed E-state index contributed by atoms with van der Waals surface area (Å²) in [6.07, 6.45) is 9.63. The molecule has 0 heterocycles. The van der Waals surface area contributed by atoms with Crippen LogP contribution in [0.2, 0.25) is 0 Å². The van der Waals surface area contributed by atoms with E-state index in [4.69, 9.17) is 94.8 Å². The van der Waals surface area contributed by atoms with E-state index in [1.165, 1.54) is 89.9 Å². The third kappa shape index (κ3) is 68.2. The van der Waals surface area contributed by atoms with Crippen LogP contribution in [0.25, 0.3) is 0 Å². The molecule has 0 radical (unpaired) electrons. The van der Waals surface area contributed by atoms with Crippen LogP contribution in [0.3, 0.4) is 0 Å². The van der Waals surface area contributed by atoms with Crippen molar-refractivity contribution in [2.24, 2.45) is 63.1 Å². The predicted octanol–water partition coefficient (Wildman–Crippen LogP) is 7.59. The van der Waals surface area contributed by atoms with Gasteiger partial charge in [0.1, 0.15) is 36.6 Å². The van der Waals surface area contributed by atoms with Crippen LogP contribution < -0.4 is 15.3 Å². The summed E-state index contributed by atoms with van der Waals surface area (Å²) in [7, 11) is 6.65. The van der Waals surface area contributed by atoms with Gasteiger partial charge < -0.3 is 110 Å². The zero-order valence-corrected chi connectivity index (χ0v) is 68.2. The Morgan fingerprint density at radius 3 is 0.673 bits per heavy atom. The van der Waals surface area contributed by atoms with Crippen LogP contribution in [0.4, 0.5) is 0 Å². The normalized spacial score (nSPS) is 15.1. The van der Waals surface area contributed by atoms with Gasteiger partial charge in [0.05, 0.1) is 71.5 Å². The van der Waals surface area contributed by atoms with Gasteiger partial charge in [0.15, 0.2) is 0 Å². The van der Waals surface area contributed by atoms with Crippen molar-refractivity contribution in [2.45, 2.75) is 291 Å². The molecule has 12 unspecified atom stereocenters. The maximum atomic E-state index is 10.3. The van der Waals surface area contributed by atoms with Gasteiger partial charge in [0.25, 0.3) is 0 Å². The van der Waals surface area contributed by atoms with Crippen LogP contribution in [0.15, 0.2) is 0 Å². The van der Waals surface area contributed by atoms with Crippen LogP contribution in [0.5, 0.6) is 0 Å². The number of ether oxygens (including phenoxy) is 6. The van der Waals surface area contributed by atoms with Gasteiger partial charge in [0.2, 0.25) is 0 Å². The molecule has 0 aromatic rings. The van der Waals surface area contributed by atoms with Gasteiger partial charge in [-0.15, -0.1) is 19.8 Å². The Kier molecular flexibility index (Phi) is 98.7. The molecular weight excluding hydrogens is 1260 g/mol. The highest BCUT2D eigenvalue weighted by atomic mass is 16.5. The fourth-order valence-corrected chi connectivity index (χ4v) is 8.88. The van der Waals surface area contributed by atoms with Gasteiger partial charge in [-0.25, -0.2) is 0 Å². The topological polar surface area (TPSA) is 388 Å². The van der Waals surface area contributed by atoms with E-state index in [1.807, 2.05) is 0 Å². The molecule has 22 nitrogen and oxygen atoms in total. The molecule has 0 aliphatic rings. The van der Waals surface area contributed by atoms with Gasteiger partial charge in [0, 0.05) is 66.4 Å². The lowest BCUT2D eigenvalue weighted by Crippen LogP contribution is -2.46. The molecule has 0 aromatic carbocycles. The van der Waals surface area contributed by atoms with Crippen molar-refractivity contribution in [1.82, 2.24) is 0 Å². The van der Waals surface area contributed by atoms with Crippen LogP contribution >= 0.6 is 0 Å². The highest BCUT2D eigenvalue weighted by Gasteiger charge is 2.31. The van der Waals surface area contributed by atoms with E-state index >= 15 is 0 Å². The maximum Gasteiger partial charge on any atom is 0.111 e. The minimum Gasteiger partial charge on any atom is -0.854 e. The number of aliphatic hydroxyl groups is 13. The molecule has 0 aliphatic carbocycles. The van der Waals surface area contributed by atoms with Crippen molar-refractivity contribution >= 4 is 0 Å². The third-order valence-electron chi connectivity index (χ3n) is 20.0. The fraction of sp³-hybridized carbons (Fsp3) is 1.00. The SMILES string of the molecule is CCC(C)C(C)C(C)C(C)CC.CCC(C)CC.CCC(C)COCC(C)CC.CCC(CC)(CC)CC.CCC(CC)(CC)CC.CCC(C[O-])(CO)CO.COCC(COC)(COC)COC.OCC(O)C(O)C(O)C(O)CO.OCC(O)COCC(O)CO.[O-]CC(O)C[O-]. The monoisotopic (exact) mass is 1430 g/mol. The summed E-state index contributed by atoms with van der Waals surface area (Å²) >= 11 is 0. The van der Waals surface area contributed by atoms with Crippen molar-refractivity contribution in [1.29, 1.82) is 0 Å². The maximum absolute atomic E-state index is 10.3. The van der Waals surface area contributed by atoms with Crippen LogP contribution in [-0.2, 0) is 28.4 Å². The predicted molar refractivity (Wildman–Crippen MR) is 397 cm³/mol. The van der Waals surface area contributed by atoms with Gasteiger partial charge in [-0.1, -0.05) is 242 Å². The van der Waals surface area contributed by atoms with Crippen molar-refractivity contribution in [3.05, 3.63) is 0 Å². The molecule has 0 amide bonds. The average molecular weight is 1440 g/mol. The molecule has 12 atom stereocenters. The molecule has 0 bridgehead atoms. The first-order valence-corrected chi connectivity index (χ1v) is 37.4. The van der Waals surface area contributed by atoms with E-state index in [1.54, 1.807) is 35.4 Å². The van der Waals surface area contributed by atoms with E-state index in [0.29, 0.717) is 43.7 Å². The Hall–Kier alpha value is -0.880. The molecular formula is C76H169O22-3. The van der Waals surface area contributed by atoms with Gasteiger partial charge in [-0.3, -0.25) is 0 Å². The zero-order chi connectivity index (χ0) is 79.0. The molecule has 13 N–H and O–H groups in total. The summed E-state index contributed by atoms with van der Waals surface area (Å²) in [5, 5.41) is 141.